The summed E-state index contributed by atoms with van der Waals surface area (Å²) < 4.78 is 3.92. The van der Waals surface area contributed by atoms with Gasteiger partial charge in [0, 0.05) is 44.4 Å². The van der Waals surface area contributed by atoms with Gasteiger partial charge in [0.25, 0.3) is 0 Å². The van der Waals surface area contributed by atoms with Crippen LogP contribution in [0.25, 0.3) is 11.0 Å². The van der Waals surface area contributed by atoms with Crippen molar-refractivity contribution in [3.63, 3.8) is 0 Å². The molecule has 1 fully saturated rings. The lowest BCUT2D eigenvalue weighted by atomic mass is 10.1. The van der Waals surface area contributed by atoms with Crippen molar-refractivity contribution in [3.05, 3.63) is 47.8 Å². The number of hydrogen-bond donors (Lipinski definition) is 1. The Bertz CT molecular complexity index is 984. The van der Waals surface area contributed by atoms with Crippen molar-refractivity contribution in [2.75, 3.05) is 7.05 Å². The first-order chi connectivity index (χ1) is 13.5. The largest absolute Gasteiger partial charge is 0.389 e. The molecule has 3 aromatic rings. The van der Waals surface area contributed by atoms with Crippen molar-refractivity contribution in [1.82, 2.24) is 24.0 Å². The summed E-state index contributed by atoms with van der Waals surface area (Å²) >= 11 is 6.05. The van der Waals surface area contributed by atoms with E-state index < -0.39 is 6.10 Å². The third-order valence-electron chi connectivity index (χ3n) is 5.84. The number of hydrogen-bond acceptors (Lipinski definition) is 4. The second-order valence-corrected chi connectivity index (χ2v) is 7.87. The molecule has 1 saturated carbocycles. The zero-order valence-corrected chi connectivity index (χ0v) is 16.8. The molecule has 0 radical (unpaired) electrons. The predicted molar refractivity (Wildman–Crippen MR) is 107 cm³/mol. The van der Waals surface area contributed by atoms with Gasteiger partial charge in [-0.05, 0) is 31.0 Å². The molecular formula is C20H24ClN5O2. The van der Waals surface area contributed by atoms with Crippen LogP contribution in [0, 0.1) is 0 Å². The molecule has 148 valence electrons. The number of amides is 1. The summed E-state index contributed by atoms with van der Waals surface area (Å²) in [4.78, 5) is 23.1. The third kappa shape index (κ3) is 3.40. The lowest BCUT2D eigenvalue weighted by Crippen LogP contribution is -2.43. The second-order valence-electron chi connectivity index (χ2n) is 7.44. The van der Waals surface area contributed by atoms with Crippen LogP contribution in [0.15, 0.2) is 36.9 Å². The lowest BCUT2D eigenvalue weighted by molar-refractivity contribution is -0.133. The Kier molecular flexibility index (Phi) is 5.12. The smallest absolute Gasteiger partial charge is 0.223 e. The van der Waals surface area contributed by atoms with Crippen molar-refractivity contribution in [2.45, 2.75) is 43.9 Å². The van der Waals surface area contributed by atoms with Gasteiger partial charge in [0.05, 0.1) is 35.5 Å². The lowest BCUT2D eigenvalue weighted by Gasteiger charge is -2.29. The number of imidazole rings is 2. The standard InChI is InChI=1S/C20H24ClN5O2/c1-24-15-4-3-13(21)11-14(15)23-18(24)7-8-19(27)25(2)16-5-6-17(20(16)28)26-10-9-22-12-26/h3-4,9-12,16-17,20,28H,5-8H2,1-2H3/t16-,17-,20-/m1/s1. The number of aryl methyl sites for hydroxylation is 2. The Morgan fingerprint density at radius 3 is 2.96 bits per heavy atom. The van der Waals surface area contributed by atoms with Gasteiger partial charge in [0.15, 0.2) is 0 Å². The number of aliphatic hydroxyl groups excluding tert-OH is 1. The molecule has 1 amide bonds. The summed E-state index contributed by atoms with van der Waals surface area (Å²) in [5.74, 6) is 0.864. The number of fused-ring (bicyclic) bond motifs is 1. The van der Waals surface area contributed by atoms with E-state index in [0.29, 0.717) is 17.9 Å². The highest BCUT2D eigenvalue weighted by atomic mass is 35.5. The number of aromatic nitrogens is 4. The van der Waals surface area contributed by atoms with E-state index in [1.54, 1.807) is 24.5 Å². The monoisotopic (exact) mass is 401 g/mol. The molecule has 0 bridgehead atoms. The molecule has 0 aliphatic heterocycles. The molecule has 4 rings (SSSR count). The van der Waals surface area contributed by atoms with E-state index in [4.69, 9.17) is 11.6 Å². The van der Waals surface area contributed by atoms with E-state index in [2.05, 4.69) is 9.97 Å². The van der Waals surface area contributed by atoms with Crippen LogP contribution in [-0.2, 0) is 18.3 Å². The third-order valence-corrected chi connectivity index (χ3v) is 6.08. The summed E-state index contributed by atoms with van der Waals surface area (Å²) in [6, 6.07) is 5.39. The minimum absolute atomic E-state index is 0.0143. The SMILES string of the molecule is CN(C(=O)CCc1nc2cc(Cl)ccc2n1C)[C@@H]1CC[C@@H](n2ccnc2)[C@@H]1O. The van der Waals surface area contributed by atoms with Crippen molar-refractivity contribution >= 4 is 28.5 Å². The Morgan fingerprint density at radius 2 is 2.21 bits per heavy atom. The minimum Gasteiger partial charge on any atom is -0.389 e. The van der Waals surface area contributed by atoms with Crippen LogP contribution in [0.1, 0.15) is 31.1 Å². The van der Waals surface area contributed by atoms with Crippen molar-refractivity contribution in [1.29, 1.82) is 0 Å². The minimum atomic E-state index is -0.596. The van der Waals surface area contributed by atoms with Gasteiger partial charge >= 0.3 is 0 Å². The fourth-order valence-electron chi connectivity index (χ4n) is 4.18. The van der Waals surface area contributed by atoms with Crippen LogP contribution >= 0.6 is 11.6 Å². The molecular weight excluding hydrogens is 378 g/mol. The molecule has 0 spiro atoms. The number of likely N-dealkylation sites (N-methyl/N-ethyl adjacent to an activating group) is 1. The molecule has 8 heteroatoms. The maximum atomic E-state index is 12.8. The molecule has 0 unspecified atom stereocenters. The van der Waals surface area contributed by atoms with Crippen LogP contribution in [0.5, 0.6) is 0 Å². The molecule has 1 N–H and O–H groups in total. The molecule has 28 heavy (non-hydrogen) atoms. The highest BCUT2D eigenvalue weighted by molar-refractivity contribution is 6.31. The van der Waals surface area contributed by atoms with Crippen LogP contribution in [0.2, 0.25) is 5.02 Å². The normalized spacial score (nSPS) is 22.1. The van der Waals surface area contributed by atoms with Crippen molar-refractivity contribution in [2.24, 2.45) is 7.05 Å². The number of benzene rings is 1. The molecule has 3 atom stereocenters. The van der Waals surface area contributed by atoms with E-state index in [1.165, 1.54) is 0 Å². The van der Waals surface area contributed by atoms with Gasteiger partial charge in [-0.1, -0.05) is 11.6 Å². The number of rotatable bonds is 5. The molecule has 0 saturated heterocycles. The van der Waals surface area contributed by atoms with E-state index in [1.807, 2.05) is 40.6 Å². The zero-order chi connectivity index (χ0) is 19.8. The first-order valence-electron chi connectivity index (χ1n) is 9.47. The van der Waals surface area contributed by atoms with Gasteiger partial charge in [-0.25, -0.2) is 9.97 Å². The Labute approximate surface area is 168 Å². The van der Waals surface area contributed by atoms with Crippen LogP contribution in [-0.4, -0.2) is 54.2 Å². The fraction of sp³-hybridized carbons (Fsp3) is 0.450. The zero-order valence-electron chi connectivity index (χ0n) is 16.0. The van der Waals surface area contributed by atoms with Gasteiger partial charge in [-0.3, -0.25) is 4.79 Å². The van der Waals surface area contributed by atoms with Gasteiger partial charge in [0.2, 0.25) is 5.91 Å². The fourth-order valence-corrected chi connectivity index (χ4v) is 4.35. The summed E-state index contributed by atoms with van der Waals surface area (Å²) in [5.41, 5.74) is 1.83. The maximum absolute atomic E-state index is 12.8. The molecule has 2 aromatic heterocycles. The second kappa shape index (κ2) is 7.56. The number of nitrogens with zero attached hydrogens (tertiary/aromatic N) is 5. The molecule has 2 heterocycles. The van der Waals surface area contributed by atoms with Crippen molar-refractivity contribution < 1.29 is 9.90 Å². The number of halogens is 1. The summed E-state index contributed by atoms with van der Waals surface area (Å²) in [5, 5.41) is 11.4. The summed E-state index contributed by atoms with van der Waals surface area (Å²) in [6.45, 7) is 0. The first kappa shape index (κ1) is 19.0. The maximum Gasteiger partial charge on any atom is 0.223 e. The molecule has 1 aromatic carbocycles. The van der Waals surface area contributed by atoms with E-state index >= 15 is 0 Å². The van der Waals surface area contributed by atoms with Crippen LogP contribution in [0.3, 0.4) is 0 Å². The van der Waals surface area contributed by atoms with Crippen LogP contribution < -0.4 is 0 Å². The average molecular weight is 402 g/mol. The van der Waals surface area contributed by atoms with Gasteiger partial charge in [0.1, 0.15) is 5.82 Å². The predicted octanol–water partition coefficient (Wildman–Crippen LogP) is 2.58. The van der Waals surface area contributed by atoms with Gasteiger partial charge in [-0.15, -0.1) is 0 Å². The molecule has 7 nitrogen and oxygen atoms in total. The molecule has 1 aliphatic rings. The first-order valence-corrected chi connectivity index (χ1v) is 9.85. The Morgan fingerprint density at radius 1 is 1.39 bits per heavy atom. The van der Waals surface area contributed by atoms with E-state index in [9.17, 15) is 9.90 Å². The summed E-state index contributed by atoms with van der Waals surface area (Å²) in [6.07, 6.45) is 7.18. The van der Waals surface area contributed by atoms with Crippen molar-refractivity contribution in [3.8, 4) is 0 Å². The number of carbonyl (C=O) groups is 1. The van der Waals surface area contributed by atoms with E-state index in [0.717, 1.165) is 29.7 Å². The topological polar surface area (TPSA) is 76.2 Å². The number of carbonyl (C=O) groups excluding carboxylic acids is 1. The number of aliphatic hydroxyl groups is 1. The van der Waals surface area contributed by atoms with Gasteiger partial charge < -0.3 is 19.1 Å². The van der Waals surface area contributed by atoms with Crippen LogP contribution in [0.4, 0.5) is 0 Å². The highest BCUT2D eigenvalue weighted by Crippen LogP contribution is 2.33. The van der Waals surface area contributed by atoms with E-state index in [-0.39, 0.29) is 18.0 Å². The average Bonchev–Trinajstić information content (AvgIpc) is 3.39. The molecule has 1 aliphatic carbocycles. The Hall–Kier alpha value is -2.38. The quantitative estimate of drug-likeness (QED) is 0.712. The summed E-state index contributed by atoms with van der Waals surface area (Å²) in [7, 11) is 3.73. The van der Waals surface area contributed by atoms with Gasteiger partial charge in [-0.2, -0.15) is 0 Å². The highest BCUT2D eigenvalue weighted by Gasteiger charge is 2.39. The Balaban J connectivity index is 1.41.